The molecule has 1 aromatic heterocycles. The molecular weight excluding hydrogens is 593 g/mol. The van der Waals surface area contributed by atoms with Crippen LogP contribution in [0.4, 0.5) is 22.8 Å². The maximum atomic E-state index is 13.6. The van der Waals surface area contributed by atoms with Gasteiger partial charge in [-0.05, 0) is 74.0 Å². The van der Waals surface area contributed by atoms with Gasteiger partial charge >= 0.3 is 6.18 Å². The summed E-state index contributed by atoms with van der Waals surface area (Å²) in [5.41, 5.74) is -0.176. The molecule has 13 heteroatoms. The summed E-state index contributed by atoms with van der Waals surface area (Å²) in [6.07, 6.45) is -2.06. The van der Waals surface area contributed by atoms with Crippen LogP contribution in [0.5, 0.6) is 0 Å². The summed E-state index contributed by atoms with van der Waals surface area (Å²) in [6.45, 7) is 6.16. The standard InChI is InChI=1S/C29H28ClF3N4O4S/c1-28(2,3)37(27(40)41)9-8-18(16-37)14-35-25(38)24(42-26(35)39)11-17-4-7-23-20(10-17)13-34-36(23)15-19-5-6-21(30)12-22(19)29(31,32)33/h4-7,10-13,18H,8-9,14-16H2,1-3H3/b24-11-/t18-,37?/m1/s1. The monoisotopic (exact) mass is 620 g/mol. The molecule has 42 heavy (non-hydrogen) atoms. The molecule has 2 aliphatic heterocycles. The Labute approximate surface area is 249 Å². The minimum Gasteiger partial charge on any atom is -0.498 e. The highest BCUT2D eigenvalue weighted by Crippen LogP contribution is 2.38. The van der Waals surface area contributed by atoms with Crippen LogP contribution in [0.25, 0.3) is 17.0 Å². The number of alkyl halides is 3. The van der Waals surface area contributed by atoms with Crippen LogP contribution in [0.2, 0.25) is 5.02 Å². The fourth-order valence-electron chi connectivity index (χ4n) is 5.72. The molecule has 2 fully saturated rings. The lowest BCUT2D eigenvalue weighted by Gasteiger charge is -2.45. The SMILES string of the molecule is CC(C)(C)[N+]1(C(=O)[O-])CC[C@H](CN2C(=O)S/C(=C\c3ccc4c(cnn4Cc4ccc(Cl)cc4C(F)(F)F)c3)C2=O)C1. The summed E-state index contributed by atoms with van der Waals surface area (Å²) in [6, 6.07) is 8.76. The van der Waals surface area contributed by atoms with E-state index >= 15 is 0 Å². The molecule has 0 aliphatic carbocycles. The van der Waals surface area contributed by atoms with Crippen LogP contribution in [-0.2, 0) is 17.5 Å². The van der Waals surface area contributed by atoms with Gasteiger partial charge in [0, 0.05) is 29.3 Å². The molecule has 1 unspecified atom stereocenters. The normalized spacial score (nSPS) is 22.6. The third kappa shape index (κ3) is 5.55. The molecule has 8 nitrogen and oxygen atoms in total. The van der Waals surface area contributed by atoms with Crippen LogP contribution in [0, 0.1) is 5.92 Å². The second kappa shape index (κ2) is 10.7. The number of rotatable bonds is 5. The average Bonchev–Trinajstić information content (AvgIpc) is 3.58. The topological polar surface area (TPSA) is 95.3 Å². The molecule has 0 spiro atoms. The number of fused-ring (bicyclic) bond motifs is 1. The number of amides is 3. The lowest BCUT2D eigenvalue weighted by atomic mass is 10.0. The molecule has 3 amide bonds. The predicted octanol–water partition coefficient (Wildman–Crippen LogP) is 5.77. The largest absolute Gasteiger partial charge is 0.498 e. The number of carbonyl (C=O) groups excluding carboxylic acids is 3. The first-order valence-corrected chi connectivity index (χ1v) is 14.4. The predicted molar refractivity (Wildman–Crippen MR) is 151 cm³/mol. The quantitative estimate of drug-likeness (QED) is 0.265. The van der Waals surface area contributed by atoms with Crippen molar-refractivity contribution in [1.29, 1.82) is 0 Å². The highest BCUT2D eigenvalue weighted by atomic mass is 35.5. The van der Waals surface area contributed by atoms with Gasteiger partial charge < -0.3 is 9.90 Å². The van der Waals surface area contributed by atoms with E-state index in [2.05, 4.69) is 5.10 Å². The van der Waals surface area contributed by atoms with E-state index in [1.165, 1.54) is 27.9 Å². The minimum atomic E-state index is -4.57. The average molecular weight is 621 g/mol. The van der Waals surface area contributed by atoms with Gasteiger partial charge in [-0.1, -0.05) is 23.7 Å². The summed E-state index contributed by atoms with van der Waals surface area (Å²) in [4.78, 5) is 39.4. The van der Waals surface area contributed by atoms with Gasteiger partial charge in [0.2, 0.25) is 0 Å². The molecular formula is C29H28ClF3N4O4S. The van der Waals surface area contributed by atoms with E-state index in [0.29, 0.717) is 29.4 Å². The summed E-state index contributed by atoms with van der Waals surface area (Å²) < 4.78 is 41.9. The van der Waals surface area contributed by atoms with E-state index in [-0.39, 0.29) is 45.5 Å². The van der Waals surface area contributed by atoms with E-state index in [1.54, 1.807) is 24.3 Å². The summed E-state index contributed by atoms with van der Waals surface area (Å²) in [5, 5.41) is 16.5. The van der Waals surface area contributed by atoms with Crippen molar-refractivity contribution < 1.29 is 37.1 Å². The van der Waals surface area contributed by atoms with E-state index in [4.69, 9.17) is 11.6 Å². The molecule has 3 heterocycles. The number of carboxylic acid groups (broad SMARTS) is 1. The molecule has 222 valence electrons. The number of aromatic nitrogens is 2. The van der Waals surface area contributed by atoms with Crippen molar-refractivity contribution in [3.05, 3.63) is 69.2 Å². The molecule has 3 aromatic rings. The zero-order chi connectivity index (χ0) is 30.6. The second-order valence-corrected chi connectivity index (χ2v) is 13.1. The Kier molecular flexibility index (Phi) is 7.70. The van der Waals surface area contributed by atoms with Gasteiger partial charge in [0.1, 0.15) is 0 Å². The van der Waals surface area contributed by atoms with Crippen LogP contribution in [0.15, 0.2) is 47.5 Å². The number of halogens is 4. The number of thioether (sulfide) groups is 1. The first-order valence-electron chi connectivity index (χ1n) is 13.2. The molecule has 0 radical (unpaired) electrons. The summed E-state index contributed by atoms with van der Waals surface area (Å²) in [7, 11) is 0. The van der Waals surface area contributed by atoms with Crippen LogP contribution in [0.1, 0.15) is 43.9 Å². The number of imide groups is 1. The van der Waals surface area contributed by atoms with Gasteiger partial charge in [-0.25, -0.2) is 0 Å². The first kappa shape index (κ1) is 30.1. The van der Waals surface area contributed by atoms with Gasteiger partial charge in [-0.3, -0.25) is 23.7 Å². The Morgan fingerprint density at radius 1 is 1.19 bits per heavy atom. The number of quaternary nitrogens is 1. The van der Waals surface area contributed by atoms with Crippen LogP contribution in [0.3, 0.4) is 0 Å². The minimum absolute atomic E-state index is 0.0107. The second-order valence-electron chi connectivity index (χ2n) is 11.7. The van der Waals surface area contributed by atoms with Crippen LogP contribution in [-0.4, -0.2) is 61.6 Å². The molecule has 2 aromatic carbocycles. The molecule has 5 rings (SSSR count). The highest BCUT2D eigenvalue weighted by molar-refractivity contribution is 8.18. The maximum Gasteiger partial charge on any atom is 0.416 e. The number of carbonyl (C=O) groups is 3. The first-order chi connectivity index (χ1) is 19.6. The van der Waals surface area contributed by atoms with Crippen LogP contribution < -0.4 is 5.11 Å². The van der Waals surface area contributed by atoms with Crippen molar-refractivity contribution in [2.24, 2.45) is 5.92 Å². The van der Waals surface area contributed by atoms with Gasteiger partial charge in [-0.15, -0.1) is 0 Å². The molecule has 0 bridgehead atoms. The van der Waals surface area contributed by atoms with Gasteiger partial charge in [0.15, 0.2) is 0 Å². The number of likely N-dealkylation sites (tertiary alicyclic amines) is 1. The Bertz CT molecular complexity index is 1630. The zero-order valence-electron chi connectivity index (χ0n) is 23.1. The van der Waals surface area contributed by atoms with Crippen LogP contribution >= 0.6 is 23.4 Å². The van der Waals surface area contributed by atoms with E-state index in [9.17, 15) is 32.7 Å². The number of hydrogen-bond acceptors (Lipinski definition) is 6. The highest BCUT2D eigenvalue weighted by Gasteiger charge is 2.50. The van der Waals surface area contributed by atoms with Gasteiger partial charge in [0.05, 0.1) is 47.4 Å². The van der Waals surface area contributed by atoms with E-state index in [0.717, 1.165) is 17.8 Å². The Morgan fingerprint density at radius 3 is 2.57 bits per heavy atom. The molecule has 0 saturated carbocycles. The molecule has 2 saturated heterocycles. The lowest BCUT2D eigenvalue weighted by molar-refractivity contribution is -0.910. The fourth-order valence-corrected chi connectivity index (χ4v) is 6.74. The Balaban J connectivity index is 1.32. The van der Waals surface area contributed by atoms with Crippen molar-refractivity contribution in [2.45, 2.75) is 45.5 Å². The third-order valence-corrected chi connectivity index (χ3v) is 9.24. The zero-order valence-corrected chi connectivity index (χ0v) is 24.6. The number of hydrogen-bond donors (Lipinski definition) is 0. The lowest BCUT2D eigenvalue weighted by Crippen LogP contribution is -2.66. The number of benzene rings is 2. The van der Waals surface area contributed by atoms with Crippen molar-refractivity contribution >= 4 is 57.6 Å². The van der Waals surface area contributed by atoms with Crippen molar-refractivity contribution in [3.63, 3.8) is 0 Å². The van der Waals surface area contributed by atoms with Crippen molar-refractivity contribution in [2.75, 3.05) is 19.6 Å². The van der Waals surface area contributed by atoms with E-state index in [1.807, 2.05) is 20.8 Å². The van der Waals surface area contributed by atoms with Crippen molar-refractivity contribution in [1.82, 2.24) is 14.7 Å². The van der Waals surface area contributed by atoms with Gasteiger partial charge in [0.25, 0.3) is 17.2 Å². The smallest absolute Gasteiger partial charge is 0.416 e. The molecule has 2 aliphatic rings. The van der Waals surface area contributed by atoms with E-state index < -0.39 is 34.5 Å². The summed E-state index contributed by atoms with van der Waals surface area (Å²) in [5.74, 6) is -0.618. The van der Waals surface area contributed by atoms with Gasteiger partial charge in [-0.2, -0.15) is 18.3 Å². The number of nitrogens with zero attached hydrogens (tertiary/aromatic N) is 4. The maximum absolute atomic E-state index is 13.6. The Morgan fingerprint density at radius 2 is 1.93 bits per heavy atom. The summed E-state index contributed by atoms with van der Waals surface area (Å²) >= 11 is 6.61. The van der Waals surface area contributed by atoms with Crippen molar-refractivity contribution in [3.8, 4) is 0 Å². The fraction of sp³-hybridized carbons (Fsp3) is 0.379. The third-order valence-electron chi connectivity index (χ3n) is 8.10. The molecule has 0 N–H and O–H groups in total. The molecule has 2 atom stereocenters. The Hall–Kier alpha value is -3.35.